The number of ether oxygens (including phenoxy) is 2. The Hall–Kier alpha value is -0.720. The first kappa shape index (κ1) is 19.1. The highest BCUT2D eigenvalue weighted by Crippen LogP contribution is 2.29. The Morgan fingerprint density at radius 2 is 2.32 bits per heavy atom. The molecule has 4 nitrogen and oxygen atoms in total. The number of carbonyl (C=O) groups is 1. The quantitative estimate of drug-likeness (QED) is 0.686. The van der Waals surface area contributed by atoms with Crippen molar-refractivity contribution in [1.82, 2.24) is 4.90 Å². The third kappa shape index (κ3) is 4.92. The maximum absolute atomic E-state index is 13.1. The van der Waals surface area contributed by atoms with E-state index in [0.717, 1.165) is 47.4 Å². The Morgan fingerprint density at radius 3 is 2.96 bits per heavy atom. The first-order valence-electron chi connectivity index (χ1n) is 8.97. The summed E-state index contributed by atoms with van der Waals surface area (Å²) in [5.41, 5.74) is 1.15. The maximum Gasteiger partial charge on any atom is 0.263 e. The topological polar surface area (TPSA) is 38.8 Å². The fourth-order valence-corrected chi connectivity index (χ4v) is 5.18. The smallest absolute Gasteiger partial charge is 0.263 e. The zero-order valence-electron chi connectivity index (χ0n) is 14.9. The van der Waals surface area contributed by atoms with Crippen LogP contribution in [0.5, 0.6) is 5.75 Å². The lowest BCUT2D eigenvalue weighted by Gasteiger charge is -2.33. The van der Waals surface area contributed by atoms with Crippen LogP contribution >= 0.6 is 27.7 Å². The average Bonchev–Trinajstić information content (AvgIpc) is 3.27. The summed E-state index contributed by atoms with van der Waals surface area (Å²) in [7, 11) is 0. The summed E-state index contributed by atoms with van der Waals surface area (Å²) in [6.07, 6.45) is 2.86. The Kier molecular flexibility index (Phi) is 6.69. The molecule has 1 aromatic rings. The van der Waals surface area contributed by atoms with E-state index in [1.54, 1.807) is 0 Å². The van der Waals surface area contributed by atoms with Crippen molar-refractivity contribution in [1.29, 1.82) is 0 Å². The van der Waals surface area contributed by atoms with Gasteiger partial charge in [-0.15, -0.1) is 0 Å². The van der Waals surface area contributed by atoms with Crippen LogP contribution in [0.1, 0.15) is 31.7 Å². The lowest BCUT2D eigenvalue weighted by molar-refractivity contribution is -0.141. The summed E-state index contributed by atoms with van der Waals surface area (Å²) in [6.45, 7) is 5.38. The molecule has 0 saturated carbocycles. The van der Waals surface area contributed by atoms with Crippen LogP contribution in [0.15, 0.2) is 22.7 Å². The van der Waals surface area contributed by atoms with E-state index in [1.807, 2.05) is 48.7 Å². The van der Waals surface area contributed by atoms with Gasteiger partial charge in [-0.1, -0.05) is 6.07 Å². The minimum Gasteiger partial charge on any atom is -0.480 e. The zero-order chi connectivity index (χ0) is 17.8. The second kappa shape index (κ2) is 8.78. The number of hydrogen-bond donors (Lipinski definition) is 0. The molecule has 0 aromatic heterocycles. The molecule has 2 saturated heterocycles. The normalized spacial score (nSPS) is 24.3. The van der Waals surface area contributed by atoms with Gasteiger partial charge in [0.2, 0.25) is 0 Å². The van der Waals surface area contributed by atoms with Gasteiger partial charge in [-0.2, -0.15) is 11.8 Å². The minimum absolute atomic E-state index is 0.0653. The molecule has 138 valence electrons. The Balaban J connectivity index is 1.68. The van der Waals surface area contributed by atoms with Gasteiger partial charge in [0.25, 0.3) is 5.91 Å². The van der Waals surface area contributed by atoms with Crippen molar-refractivity contribution in [2.75, 3.05) is 24.7 Å². The molecule has 1 aromatic carbocycles. The van der Waals surface area contributed by atoms with Gasteiger partial charge in [-0.25, -0.2) is 0 Å². The van der Waals surface area contributed by atoms with Gasteiger partial charge >= 0.3 is 0 Å². The van der Waals surface area contributed by atoms with E-state index < -0.39 is 6.10 Å². The number of nitrogens with zero attached hydrogens (tertiary/aromatic N) is 1. The third-order valence-corrected chi connectivity index (χ3v) is 6.56. The summed E-state index contributed by atoms with van der Waals surface area (Å²) in [5.74, 6) is 2.91. The second-order valence-corrected chi connectivity index (χ2v) is 8.84. The number of thioether (sulfide) groups is 1. The standard InChI is InChI=1S/C19H26BrNO3S/c1-13-5-6-18(17(20)10-13)24-14(2)19(22)21(15-7-9-25-12-15)11-16-4-3-8-23-16/h5-6,10,14-16H,3-4,7-9,11-12H2,1-2H3. The molecule has 2 aliphatic heterocycles. The van der Waals surface area contributed by atoms with Crippen molar-refractivity contribution in [3.63, 3.8) is 0 Å². The molecule has 3 rings (SSSR count). The highest BCUT2D eigenvalue weighted by Gasteiger charge is 2.33. The molecule has 3 atom stereocenters. The SMILES string of the molecule is Cc1ccc(OC(C)C(=O)N(CC2CCCO2)C2CCSC2)c(Br)c1. The number of carbonyl (C=O) groups excluding carboxylic acids is 1. The van der Waals surface area contributed by atoms with Crippen LogP contribution in [0.3, 0.4) is 0 Å². The number of amides is 1. The molecule has 1 amide bonds. The molecule has 0 N–H and O–H groups in total. The fraction of sp³-hybridized carbons (Fsp3) is 0.632. The summed E-state index contributed by atoms with van der Waals surface area (Å²) in [4.78, 5) is 15.1. The van der Waals surface area contributed by atoms with Crippen LogP contribution in [0.2, 0.25) is 0 Å². The van der Waals surface area contributed by atoms with E-state index in [1.165, 1.54) is 0 Å². The molecule has 2 aliphatic rings. The van der Waals surface area contributed by atoms with Crippen molar-refractivity contribution in [2.45, 2.75) is 51.4 Å². The third-order valence-electron chi connectivity index (χ3n) is 4.79. The molecule has 0 radical (unpaired) electrons. The lowest BCUT2D eigenvalue weighted by atomic mass is 10.1. The van der Waals surface area contributed by atoms with Crippen LogP contribution in [-0.4, -0.2) is 53.7 Å². The Labute approximate surface area is 162 Å². The van der Waals surface area contributed by atoms with Crippen molar-refractivity contribution in [2.24, 2.45) is 0 Å². The second-order valence-electron chi connectivity index (χ2n) is 6.84. The van der Waals surface area contributed by atoms with Crippen molar-refractivity contribution in [3.05, 3.63) is 28.2 Å². The van der Waals surface area contributed by atoms with Crippen molar-refractivity contribution >= 4 is 33.6 Å². The molecule has 6 heteroatoms. The molecule has 25 heavy (non-hydrogen) atoms. The zero-order valence-corrected chi connectivity index (χ0v) is 17.3. The van der Waals surface area contributed by atoms with Crippen molar-refractivity contribution in [3.8, 4) is 5.75 Å². The van der Waals surface area contributed by atoms with Gasteiger partial charge in [-0.3, -0.25) is 4.79 Å². The number of halogens is 1. The van der Waals surface area contributed by atoms with Gasteiger partial charge in [0.1, 0.15) is 5.75 Å². The van der Waals surface area contributed by atoms with E-state index in [9.17, 15) is 4.79 Å². The molecule has 2 fully saturated rings. The molecule has 3 unspecified atom stereocenters. The summed E-state index contributed by atoms with van der Waals surface area (Å²) < 4.78 is 12.6. The van der Waals surface area contributed by atoms with E-state index in [-0.39, 0.29) is 12.0 Å². The molecule has 0 aliphatic carbocycles. The average molecular weight is 428 g/mol. The van der Waals surface area contributed by atoms with Crippen molar-refractivity contribution < 1.29 is 14.3 Å². The van der Waals surface area contributed by atoms with Crippen LogP contribution in [-0.2, 0) is 9.53 Å². The number of benzene rings is 1. The Morgan fingerprint density at radius 1 is 1.48 bits per heavy atom. The highest BCUT2D eigenvalue weighted by molar-refractivity contribution is 9.10. The monoisotopic (exact) mass is 427 g/mol. The van der Waals surface area contributed by atoms with Gasteiger partial charge < -0.3 is 14.4 Å². The molecule has 2 heterocycles. The number of rotatable bonds is 6. The predicted octanol–water partition coefficient (Wildman–Crippen LogP) is 4.04. The van der Waals surface area contributed by atoms with Gasteiger partial charge in [0.15, 0.2) is 6.10 Å². The fourth-order valence-electron chi connectivity index (χ4n) is 3.37. The van der Waals surface area contributed by atoms with Gasteiger partial charge in [0, 0.05) is 24.9 Å². The van der Waals surface area contributed by atoms with Crippen LogP contribution in [0.4, 0.5) is 0 Å². The molecule has 0 bridgehead atoms. The number of hydrogen-bond acceptors (Lipinski definition) is 4. The van der Waals surface area contributed by atoms with Crippen LogP contribution < -0.4 is 4.74 Å². The van der Waals surface area contributed by atoms with E-state index in [2.05, 4.69) is 15.9 Å². The minimum atomic E-state index is -0.508. The van der Waals surface area contributed by atoms with Crippen LogP contribution in [0, 0.1) is 6.92 Å². The summed E-state index contributed by atoms with van der Waals surface area (Å²) in [6, 6.07) is 6.22. The van der Waals surface area contributed by atoms with E-state index in [0.29, 0.717) is 18.3 Å². The van der Waals surface area contributed by atoms with Crippen LogP contribution in [0.25, 0.3) is 0 Å². The molecular formula is C19H26BrNO3S. The Bertz CT molecular complexity index is 600. The predicted molar refractivity (Wildman–Crippen MR) is 105 cm³/mol. The molecule has 0 spiro atoms. The number of aryl methyl sites for hydroxylation is 1. The first-order valence-corrected chi connectivity index (χ1v) is 10.9. The van der Waals surface area contributed by atoms with Gasteiger partial charge in [0.05, 0.1) is 10.6 Å². The largest absolute Gasteiger partial charge is 0.480 e. The van der Waals surface area contributed by atoms with Gasteiger partial charge in [-0.05, 0) is 72.5 Å². The summed E-state index contributed by atoms with van der Waals surface area (Å²) in [5, 5.41) is 0. The van der Waals surface area contributed by atoms with E-state index in [4.69, 9.17) is 9.47 Å². The maximum atomic E-state index is 13.1. The van der Waals surface area contributed by atoms with E-state index >= 15 is 0 Å². The first-order chi connectivity index (χ1) is 12.0. The lowest BCUT2D eigenvalue weighted by Crippen LogP contribution is -2.49. The highest BCUT2D eigenvalue weighted by atomic mass is 79.9. The summed E-state index contributed by atoms with van der Waals surface area (Å²) >= 11 is 5.45. The molecular weight excluding hydrogens is 402 g/mol.